The Kier molecular flexibility index (Phi) is 7.39. The van der Waals surface area contributed by atoms with Crippen molar-refractivity contribution in [3.8, 4) is 0 Å². The third-order valence-corrected chi connectivity index (χ3v) is 2.99. The van der Waals surface area contributed by atoms with Crippen LogP contribution in [0.5, 0.6) is 0 Å². The molecule has 7 heteroatoms. The topological polar surface area (TPSA) is 63.7 Å². The molecule has 0 radical (unpaired) electrons. The van der Waals surface area contributed by atoms with Gasteiger partial charge in [0.15, 0.2) is 10.8 Å². The lowest BCUT2D eigenvalue weighted by Crippen LogP contribution is -2.20. The second kappa shape index (κ2) is 8.84. The molecule has 0 saturated heterocycles. The van der Waals surface area contributed by atoms with Crippen molar-refractivity contribution >= 4 is 22.4 Å². The zero-order chi connectivity index (χ0) is 14.1. The van der Waals surface area contributed by atoms with Gasteiger partial charge < -0.3 is 19.7 Å². The van der Waals surface area contributed by atoms with Gasteiger partial charge in [-0.1, -0.05) is 0 Å². The third-order valence-electron chi connectivity index (χ3n) is 2.19. The minimum absolute atomic E-state index is 0.350. The van der Waals surface area contributed by atoms with E-state index in [-0.39, 0.29) is 5.97 Å². The maximum atomic E-state index is 11.4. The lowest BCUT2D eigenvalue weighted by Gasteiger charge is -2.09. The third kappa shape index (κ3) is 6.51. The molecule has 0 aliphatic carbocycles. The minimum Gasteiger partial charge on any atom is -0.461 e. The molecule has 0 amide bonds. The van der Waals surface area contributed by atoms with Crippen molar-refractivity contribution in [3.63, 3.8) is 0 Å². The van der Waals surface area contributed by atoms with Crippen LogP contribution in [-0.2, 0) is 9.47 Å². The summed E-state index contributed by atoms with van der Waals surface area (Å²) in [5.74, 6) is -0.381. The molecular formula is C12H21N3O3S. The summed E-state index contributed by atoms with van der Waals surface area (Å²) in [6.07, 6.45) is 0. The SMILES string of the molecule is CCOC(=O)c1csc(NCCOCCN(C)C)n1. The summed E-state index contributed by atoms with van der Waals surface area (Å²) in [7, 11) is 4.02. The number of aromatic nitrogens is 1. The molecule has 0 bridgehead atoms. The van der Waals surface area contributed by atoms with Crippen LogP contribution < -0.4 is 5.32 Å². The number of rotatable bonds is 9. The summed E-state index contributed by atoms with van der Waals surface area (Å²) in [4.78, 5) is 17.6. The number of esters is 1. The predicted molar refractivity (Wildman–Crippen MR) is 75.9 cm³/mol. The van der Waals surface area contributed by atoms with Crippen molar-refractivity contribution in [3.05, 3.63) is 11.1 Å². The second-order valence-corrected chi connectivity index (χ2v) is 4.96. The van der Waals surface area contributed by atoms with Crippen molar-refractivity contribution in [1.82, 2.24) is 9.88 Å². The van der Waals surface area contributed by atoms with Gasteiger partial charge in [-0.15, -0.1) is 11.3 Å². The van der Waals surface area contributed by atoms with E-state index in [9.17, 15) is 4.79 Å². The Hall–Kier alpha value is -1.18. The van der Waals surface area contributed by atoms with Crippen LogP contribution in [0.2, 0.25) is 0 Å². The van der Waals surface area contributed by atoms with E-state index in [0.717, 1.165) is 6.54 Å². The molecule has 19 heavy (non-hydrogen) atoms. The summed E-state index contributed by atoms with van der Waals surface area (Å²) < 4.78 is 10.3. The van der Waals surface area contributed by atoms with Gasteiger partial charge in [0, 0.05) is 18.5 Å². The number of hydrogen-bond acceptors (Lipinski definition) is 7. The molecule has 0 atom stereocenters. The Labute approximate surface area is 117 Å². The largest absolute Gasteiger partial charge is 0.461 e. The van der Waals surface area contributed by atoms with Crippen LogP contribution in [-0.4, -0.2) is 62.9 Å². The van der Waals surface area contributed by atoms with Crippen LogP contribution >= 0.6 is 11.3 Å². The summed E-state index contributed by atoms with van der Waals surface area (Å²) >= 11 is 1.39. The first-order valence-electron chi connectivity index (χ1n) is 6.22. The maximum Gasteiger partial charge on any atom is 0.357 e. The average Bonchev–Trinajstić information content (AvgIpc) is 2.82. The van der Waals surface area contributed by atoms with E-state index in [1.807, 2.05) is 14.1 Å². The summed E-state index contributed by atoms with van der Waals surface area (Å²) in [6.45, 7) is 5.03. The molecule has 1 N–H and O–H groups in total. The second-order valence-electron chi connectivity index (χ2n) is 4.10. The van der Waals surface area contributed by atoms with E-state index in [1.165, 1.54) is 11.3 Å². The number of ether oxygens (including phenoxy) is 2. The molecule has 1 rings (SSSR count). The van der Waals surface area contributed by atoms with Crippen molar-refractivity contribution in [2.24, 2.45) is 0 Å². The molecule has 6 nitrogen and oxygen atoms in total. The van der Waals surface area contributed by atoms with Gasteiger partial charge >= 0.3 is 5.97 Å². The van der Waals surface area contributed by atoms with Gasteiger partial charge in [0.1, 0.15) is 0 Å². The summed E-state index contributed by atoms with van der Waals surface area (Å²) in [6, 6.07) is 0. The Bertz CT molecular complexity index is 382. The van der Waals surface area contributed by atoms with Gasteiger partial charge in [-0.2, -0.15) is 0 Å². The van der Waals surface area contributed by atoms with Crippen LogP contribution in [0.3, 0.4) is 0 Å². The number of nitrogens with one attached hydrogen (secondary N) is 1. The molecule has 0 fully saturated rings. The summed E-state index contributed by atoms with van der Waals surface area (Å²) in [5.41, 5.74) is 0.350. The van der Waals surface area contributed by atoms with Gasteiger partial charge in [-0.05, 0) is 21.0 Å². The molecule has 108 valence electrons. The van der Waals surface area contributed by atoms with Crippen LogP contribution in [0.1, 0.15) is 17.4 Å². The quantitative estimate of drug-likeness (QED) is 0.546. The fourth-order valence-corrected chi connectivity index (χ4v) is 1.94. The van der Waals surface area contributed by atoms with E-state index in [1.54, 1.807) is 12.3 Å². The van der Waals surface area contributed by atoms with Gasteiger partial charge in [0.05, 0.1) is 19.8 Å². The van der Waals surface area contributed by atoms with Crippen LogP contribution in [0.15, 0.2) is 5.38 Å². The van der Waals surface area contributed by atoms with Crippen molar-refractivity contribution in [2.45, 2.75) is 6.92 Å². The number of likely N-dealkylation sites (N-methyl/N-ethyl adjacent to an activating group) is 1. The number of anilines is 1. The van der Waals surface area contributed by atoms with E-state index >= 15 is 0 Å². The van der Waals surface area contributed by atoms with Gasteiger partial charge in [0.25, 0.3) is 0 Å². The fourth-order valence-electron chi connectivity index (χ4n) is 1.23. The lowest BCUT2D eigenvalue weighted by molar-refractivity contribution is 0.0520. The number of carbonyl (C=O) groups is 1. The molecule has 0 saturated carbocycles. The Morgan fingerprint density at radius 3 is 2.95 bits per heavy atom. The first-order valence-corrected chi connectivity index (χ1v) is 7.10. The fraction of sp³-hybridized carbons (Fsp3) is 0.667. The predicted octanol–water partition coefficient (Wildman–Crippen LogP) is 1.31. The van der Waals surface area contributed by atoms with Crippen LogP contribution in [0.4, 0.5) is 5.13 Å². The first kappa shape index (κ1) is 15.9. The van der Waals surface area contributed by atoms with Gasteiger partial charge in [-0.25, -0.2) is 9.78 Å². The van der Waals surface area contributed by atoms with Crippen LogP contribution in [0.25, 0.3) is 0 Å². The van der Waals surface area contributed by atoms with Crippen molar-refractivity contribution in [2.75, 3.05) is 52.3 Å². The number of thiazole rings is 1. The zero-order valence-electron chi connectivity index (χ0n) is 11.6. The number of nitrogens with zero attached hydrogens (tertiary/aromatic N) is 2. The van der Waals surface area contributed by atoms with Crippen molar-refractivity contribution < 1.29 is 14.3 Å². The Morgan fingerprint density at radius 1 is 1.47 bits per heavy atom. The lowest BCUT2D eigenvalue weighted by atomic mass is 10.5. The highest BCUT2D eigenvalue weighted by Gasteiger charge is 2.10. The first-order chi connectivity index (χ1) is 9.13. The Morgan fingerprint density at radius 2 is 2.26 bits per heavy atom. The van der Waals surface area contributed by atoms with Gasteiger partial charge in [-0.3, -0.25) is 0 Å². The van der Waals surface area contributed by atoms with E-state index in [0.29, 0.717) is 37.2 Å². The monoisotopic (exact) mass is 287 g/mol. The highest BCUT2D eigenvalue weighted by Crippen LogP contribution is 2.15. The average molecular weight is 287 g/mol. The molecule has 0 unspecified atom stereocenters. The zero-order valence-corrected chi connectivity index (χ0v) is 12.5. The highest BCUT2D eigenvalue weighted by atomic mass is 32.1. The molecule has 0 spiro atoms. The number of hydrogen-bond donors (Lipinski definition) is 1. The standard InChI is InChI=1S/C12H21N3O3S/c1-4-18-11(16)10-9-19-12(14-10)13-5-7-17-8-6-15(2)3/h9H,4-8H2,1-3H3,(H,13,14). The summed E-state index contributed by atoms with van der Waals surface area (Å²) in [5, 5.41) is 5.51. The van der Waals surface area contributed by atoms with Crippen molar-refractivity contribution in [1.29, 1.82) is 0 Å². The van der Waals surface area contributed by atoms with E-state index in [4.69, 9.17) is 9.47 Å². The molecule has 0 aromatic carbocycles. The normalized spacial score (nSPS) is 10.7. The van der Waals surface area contributed by atoms with Gasteiger partial charge in [0.2, 0.25) is 0 Å². The molecule has 0 aliphatic heterocycles. The molecule has 1 heterocycles. The Balaban J connectivity index is 2.18. The minimum atomic E-state index is -0.381. The highest BCUT2D eigenvalue weighted by molar-refractivity contribution is 7.13. The molecule has 0 aliphatic rings. The number of carbonyl (C=O) groups excluding carboxylic acids is 1. The maximum absolute atomic E-state index is 11.4. The van der Waals surface area contributed by atoms with E-state index < -0.39 is 0 Å². The molecule has 1 aromatic rings. The molecular weight excluding hydrogens is 266 g/mol. The molecule has 1 aromatic heterocycles. The smallest absolute Gasteiger partial charge is 0.357 e. The van der Waals surface area contributed by atoms with E-state index in [2.05, 4.69) is 15.2 Å². The van der Waals surface area contributed by atoms with Crippen LogP contribution in [0, 0.1) is 0 Å².